The van der Waals surface area contributed by atoms with E-state index in [1.807, 2.05) is 39.0 Å². The number of amides is 1. The van der Waals surface area contributed by atoms with Crippen LogP contribution in [0.2, 0.25) is 0 Å². The first kappa shape index (κ1) is 17.7. The van der Waals surface area contributed by atoms with E-state index >= 15 is 0 Å². The highest BCUT2D eigenvalue weighted by molar-refractivity contribution is 5.70. The number of allylic oxidation sites excluding steroid dienone is 2. The molecule has 1 saturated heterocycles. The van der Waals surface area contributed by atoms with Crippen molar-refractivity contribution in [3.63, 3.8) is 0 Å². The van der Waals surface area contributed by atoms with Crippen molar-refractivity contribution in [2.45, 2.75) is 26.4 Å². The van der Waals surface area contributed by atoms with E-state index in [1.54, 1.807) is 6.20 Å². The Labute approximate surface area is 127 Å². The van der Waals surface area contributed by atoms with Crippen LogP contribution < -0.4 is 11.1 Å². The first-order chi connectivity index (χ1) is 9.92. The zero-order valence-corrected chi connectivity index (χ0v) is 13.3. The van der Waals surface area contributed by atoms with Crippen molar-refractivity contribution in [2.24, 2.45) is 5.73 Å². The summed E-state index contributed by atoms with van der Waals surface area (Å²) in [5.41, 5.74) is 4.98. The average Bonchev–Trinajstić information content (AvgIpc) is 2.48. The Balaban J connectivity index is 0.000000235. The molecule has 6 heteroatoms. The molecule has 1 amide bonds. The van der Waals surface area contributed by atoms with Crippen LogP contribution in [0.15, 0.2) is 24.4 Å². The van der Waals surface area contributed by atoms with Gasteiger partial charge >= 0.3 is 6.09 Å². The van der Waals surface area contributed by atoms with Crippen LogP contribution in [0.1, 0.15) is 20.8 Å². The zero-order chi connectivity index (χ0) is 15.7. The Morgan fingerprint density at radius 3 is 2.38 bits per heavy atom. The van der Waals surface area contributed by atoms with E-state index in [2.05, 4.69) is 10.2 Å². The van der Waals surface area contributed by atoms with Gasteiger partial charge in [-0.1, -0.05) is 12.2 Å². The van der Waals surface area contributed by atoms with Gasteiger partial charge in [-0.2, -0.15) is 0 Å². The largest absolute Gasteiger partial charge is 0.443 e. The predicted octanol–water partition coefficient (Wildman–Crippen LogP) is 1.11. The molecular weight excluding hydrogens is 268 g/mol. The van der Waals surface area contributed by atoms with E-state index in [-0.39, 0.29) is 6.09 Å². The molecule has 0 saturated carbocycles. The van der Waals surface area contributed by atoms with Crippen LogP contribution in [0.25, 0.3) is 0 Å². The Hall–Kier alpha value is -1.37. The molecule has 0 bridgehead atoms. The summed E-state index contributed by atoms with van der Waals surface area (Å²) in [6, 6.07) is 0. The first-order valence-electron chi connectivity index (χ1n) is 7.38. The van der Waals surface area contributed by atoms with Gasteiger partial charge in [0.25, 0.3) is 0 Å². The van der Waals surface area contributed by atoms with Crippen molar-refractivity contribution >= 4 is 6.09 Å². The molecule has 21 heavy (non-hydrogen) atoms. The average molecular weight is 296 g/mol. The molecule has 0 aromatic heterocycles. The summed E-state index contributed by atoms with van der Waals surface area (Å²) in [6.45, 7) is 11.3. The Morgan fingerprint density at radius 1 is 1.29 bits per heavy atom. The van der Waals surface area contributed by atoms with Crippen LogP contribution >= 0.6 is 0 Å². The number of ether oxygens (including phenoxy) is 1. The van der Waals surface area contributed by atoms with Gasteiger partial charge in [0.2, 0.25) is 0 Å². The van der Waals surface area contributed by atoms with Crippen LogP contribution in [-0.2, 0) is 4.74 Å². The molecule has 0 radical (unpaired) electrons. The molecule has 0 aromatic rings. The van der Waals surface area contributed by atoms with E-state index in [1.165, 1.54) is 4.90 Å². The summed E-state index contributed by atoms with van der Waals surface area (Å²) in [5, 5.41) is 3.25. The molecule has 3 N–H and O–H groups in total. The van der Waals surface area contributed by atoms with Crippen molar-refractivity contribution < 1.29 is 9.53 Å². The number of hydrogen-bond acceptors (Lipinski definition) is 5. The van der Waals surface area contributed by atoms with Gasteiger partial charge in [-0.25, -0.2) is 4.79 Å². The normalized spacial score (nSPS) is 19.0. The fourth-order valence-corrected chi connectivity index (χ4v) is 1.82. The highest BCUT2D eigenvalue weighted by Crippen LogP contribution is 2.11. The first-order valence-corrected chi connectivity index (χ1v) is 7.38. The maximum absolute atomic E-state index is 11.4. The highest BCUT2D eigenvalue weighted by Gasteiger charge is 2.20. The molecule has 2 rings (SSSR count). The summed E-state index contributed by atoms with van der Waals surface area (Å²) in [6.07, 6.45) is 7.04. The molecule has 0 atom stereocenters. The minimum atomic E-state index is -0.425. The number of nitrogens with two attached hydrogens (primary N) is 1. The van der Waals surface area contributed by atoms with Gasteiger partial charge in [-0.15, -0.1) is 0 Å². The molecular formula is C15H28N4O2. The SMILES string of the molecule is CC(C)(C)OC(=O)N1C=CC=CC1.NCN1CCNCC1. The predicted molar refractivity (Wildman–Crippen MR) is 84.7 cm³/mol. The van der Waals surface area contributed by atoms with E-state index in [9.17, 15) is 4.79 Å². The highest BCUT2D eigenvalue weighted by atomic mass is 16.6. The van der Waals surface area contributed by atoms with Gasteiger partial charge in [-0.3, -0.25) is 9.80 Å². The second-order valence-electron chi connectivity index (χ2n) is 5.95. The molecule has 120 valence electrons. The van der Waals surface area contributed by atoms with Crippen molar-refractivity contribution in [1.82, 2.24) is 15.1 Å². The summed E-state index contributed by atoms with van der Waals surface area (Å²) in [7, 11) is 0. The van der Waals surface area contributed by atoms with E-state index in [0.717, 1.165) is 26.2 Å². The van der Waals surface area contributed by atoms with Gasteiger partial charge < -0.3 is 15.8 Å². The Morgan fingerprint density at radius 2 is 1.95 bits per heavy atom. The van der Waals surface area contributed by atoms with Crippen molar-refractivity contribution in [3.8, 4) is 0 Å². The van der Waals surface area contributed by atoms with Crippen molar-refractivity contribution in [3.05, 3.63) is 24.4 Å². The second kappa shape index (κ2) is 8.81. The van der Waals surface area contributed by atoms with E-state index in [4.69, 9.17) is 10.5 Å². The summed E-state index contributed by atoms with van der Waals surface area (Å²) in [5.74, 6) is 0. The van der Waals surface area contributed by atoms with Gasteiger partial charge in [0.05, 0.1) is 0 Å². The van der Waals surface area contributed by atoms with Crippen LogP contribution in [0.5, 0.6) is 0 Å². The fraction of sp³-hybridized carbons (Fsp3) is 0.667. The minimum Gasteiger partial charge on any atom is -0.443 e. The molecule has 6 nitrogen and oxygen atoms in total. The number of hydrogen-bond donors (Lipinski definition) is 2. The summed E-state index contributed by atoms with van der Waals surface area (Å²) in [4.78, 5) is 15.2. The number of nitrogens with zero attached hydrogens (tertiary/aromatic N) is 2. The van der Waals surface area contributed by atoms with Gasteiger partial charge in [0.15, 0.2) is 0 Å². The van der Waals surface area contributed by atoms with E-state index in [0.29, 0.717) is 13.2 Å². The summed E-state index contributed by atoms with van der Waals surface area (Å²) < 4.78 is 5.18. The Kier molecular flexibility index (Phi) is 7.42. The molecule has 2 heterocycles. The second-order valence-corrected chi connectivity index (χ2v) is 5.95. The number of rotatable bonds is 1. The third-order valence-corrected chi connectivity index (χ3v) is 2.91. The lowest BCUT2D eigenvalue weighted by atomic mass is 10.2. The topological polar surface area (TPSA) is 70.8 Å². The third kappa shape index (κ3) is 7.84. The van der Waals surface area contributed by atoms with Gasteiger partial charge in [0, 0.05) is 45.6 Å². The molecule has 2 aliphatic heterocycles. The maximum atomic E-state index is 11.4. The fourth-order valence-electron chi connectivity index (χ4n) is 1.82. The lowest BCUT2D eigenvalue weighted by molar-refractivity contribution is 0.0350. The molecule has 2 aliphatic rings. The van der Waals surface area contributed by atoms with E-state index < -0.39 is 5.60 Å². The quantitative estimate of drug-likeness (QED) is 0.758. The number of carbonyl (C=O) groups excluding carboxylic acids is 1. The lowest BCUT2D eigenvalue weighted by Gasteiger charge is -2.25. The van der Waals surface area contributed by atoms with Crippen LogP contribution in [0.3, 0.4) is 0 Å². The monoisotopic (exact) mass is 296 g/mol. The molecule has 1 fully saturated rings. The molecule has 0 aliphatic carbocycles. The molecule has 0 aromatic carbocycles. The standard InChI is InChI=1S/C10H15NO2.C5H13N3/c1-10(2,3)13-9(12)11-7-5-4-6-8-11;6-5-8-3-1-7-2-4-8/h4-7H,8H2,1-3H3;7H,1-6H2. The Bertz CT molecular complexity index is 368. The van der Waals surface area contributed by atoms with Crippen LogP contribution in [0.4, 0.5) is 4.79 Å². The lowest BCUT2D eigenvalue weighted by Crippen LogP contribution is -2.45. The summed E-state index contributed by atoms with van der Waals surface area (Å²) >= 11 is 0. The molecule has 0 spiro atoms. The van der Waals surface area contributed by atoms with Crippen LogP contribution in [0, 0.1) is 0 Å². The zero-order valence-electron chi connectivity index (χ0n) is 13.3. The number of piperazine rings is 1. The van der Waals surface area contributed by atoms with Crippen molar-refractivity contribution in [1.29, 1.82) is 0 Å². The smallest absolute Gasteiger partial charge is 0.414 e. The minimum absolute atomic E-state index is 0.298. The van der Waals surface area contributed by atoms with Gasteiger partial charge in [0.1, 0.15) is 5.60 Å². The number of carbonyl (C=O) groups is 1. The molecule has 0 unspecified atom stereocenters. The maximum Gasteiger partial charge on any atom is 0.414 e. The van der Waals surface area contributed by atoms with Crippen LogP contribution in [-0.4, -0.2) is 60.9 Å². The third-order valence-electron chi connectivity index (χ3n) is 2.91. The van der Waals surface area contributed by atoms with Gasteiger partial charge in [-0.05, 0) is 26.8 Å². The van der Waals surface area contributed by atoms with Crippen molar-refractivity contribution in [2.75, 3.05) is 39.4 Å². The number of nitrogens with one attached hydrogen (secondary N) is 1.